The molecule has 0 saturated carbocycles. The van der Waals surface area contributed by atoms with Gasteiger partial charge in [0, 0.05) is 32.7 Å². The number of halogens is 4. The van der Waals surface area contributed by atoms with Gasteiger partial charge in [-0.15, -0.1) is 0 Å². The highest BCUT2D eigenvalue weighted by Gasteiger charge is 2.35. The summed E-state index contributed by atoms with van der Waals surface area (Å²) in [6.45, 7) is 4.39. The highest BCUT2D eigenvalue weighted by molar-refractivity contribution is 5.47. The van der Waals surface area contributed by atoms with Gasteiger partial charge in [-0.05, 0) is 17.7 Å². The van der Waals surface area contributed by atoms with E-state index < -0.39 is 23.2 Å². The third-order valence-electron chi connectivity index (χ3n) is 4.47. The van der Waals surface area contributed by atoms with Crippen molar-refractivity contribution >= 4 is 5.69 Å². The predicted molar refractivity (Wildman–Crippen MR) is 77.3 cm³/mol. The standard InChI is InChI=1S/C15H19F4N3O/c16-13-5-10(12(6-14(13)20)15(17,18)19)7-21-1-3-22(4-2-21)11-8-23-9-11/h5-6,11H,1-4,7-9,20H2. The minimum atomic E-state index is -4.54. The summed E-state index contributed by atoms with van der Waals surface area (Å²) < 4.78 is 58.1. The van der Waals surface area contributed by atoms with Gasteiger partial charge in [0.1, 0.15) is 5.82 Å². The van der Waals surface area contributed by atoms with E-state index in [1.54, 1.807) is 0 Å². The van der Waals surface area contributed by atoms with Gasteiger partial charge in [0.2, 0.25) is 0 Å². The van der Waals surface area contributed by atoms with Crippen LogP contribution in [0.15, 0.2) is 12.1 Å². The Morgan fingerprint density at radius 2 is 1.78 bits per heavy atom. The molecule has 1 aromatic carbocycles. The van der Waals surface area contributed by atoms with E-state index in [4.69, 9.17) is 10.5 Å². The topological polar surface area (TPSA) is 41.7 Å². The van der Waals surface area contributed by atoms with Crippen molar-refractivity contribution in [3.05, 3.63) is 29.1 Å². The van der Waals surface area contributed by atoms with Crippen LogP contribution in [0.25, 0.3) is 0 Å². The van der Waals surface area contributed by atoms with Crippen molar-refractivity contribution in [3.63, 3.8) is 0 Å². The van der Waals surface area contributed by atoms with Crippen molar-refractivity contribution in [2.45, 2.75) is 18.8 Å². The molecule has 1 aromatic rings. The summed E-state index contributed by atoms with van der Waals surface area (Å²) in [5.41, 5.74) is 3.89. The Morgan fingerprint density at radius 1 is 1.13 bits per heavy atom. The summed E-state index contributed by atoms with van der Waals surface area (Å²) in [5.74, 6) is -0.807. The quantitative estimate of drug-likeness (QED) is 0.678. The molecule has 0 aliphatic carbocycles. The third kappa shape index (κ3) is 3.59. The smallest absolute Gasteiger partial charge is 0.396 e. The van der Waals surface area contributed by atoms with E-state index in [-0.39, 0.29) is 12.1 Å². The van der Waals surface area contributed by atoms with Crippen molar-refractivity contribution in [2.24, 2.45) is 0 Å². The number of piperazine rings is 1. The Balaban J connectivity index is 1.69. The maximum atomic E-state index is 13.6. The maximum absolute atomic E-state index is 13.6. The first-order valence-corrected chi connectivity index (χ1v) is 7.54. The molecule has 0 radical (unpaired) electrons. The van der Waals surface area contributed by atoms with E-state index in [9.17, 15) is 17.6 Å². The molecule has 4 nitrogen and oxygen atoms in total. The molecule has 0 unspecified atom stereocenters. The highest BCUT2D eigenvalue weighted by atomic mass is 19.4. The first kappa shape index (κ1) is 16.5. The minimum Gasteiger partial charge on any atom is -0.396 e. The lowest BCUT2D eigenvalue weighted by atomic mass is 10.0. The Morgan fingerprint density at radius 3 is 2.30 bits per heavy atom. The monoisotopic (exact) mass is 333 g/mol. The van der Waals surface area contributed by atoms with Crippen LogP contribution in [0, 0.1) is 5.82 Å². The number of nitrogen functional groups attached to an aromatic ring is 1. The number of hydrogen-bond donors (Lipinski definition) is 1. The Bertz CT molecular complexity index is 567. The van der Waals surface area contributed by atoms with Crippen LogP contribution in [0.5, 0.6) is 0 Å². The average Bonchev–Trinajstić information content (AvgIpc) is 2.41. The molecule has 0 aromatic heterocycles. The van der Waals surface area contributed by atoms with Gasteiger partial charge in [-0.25, -0.2) is 4.39 Å². The molecule has 2 heterocycles. The fourth-order valence-corrected chi connectivity index (χ4v) is 2.99. The molecular formula is C15H19F4N3O. The molecule has 8 heteroatoms. The molecule has 23 heavy (non-hydrogen) atoms. The average molecular weight is 333 g/mol. The molecule has 2 N–H and O–H groups in total. The molecule has 2 fully saturated rings. The molecule has 0 spiro atoms. The Hall–Kier alpha value is -1.38. The predicted octanol–water partition coefficient (Wildman–Crippen LogP) is 1.94. The number of alkyl halides is 3. The summed E-state index contributed by atoms with van der Waals surface area (Å²) in [6.07, 6.45) is -4.54. The van der Waals surface area contributed by atoms with Gasteiger partial charge >= 0.3 is 6.18 Å². The van der Waals surface area contributed by atoms with Crippen LogP contribution < -0.4 is 5.73 Å². The van der Waals surface area contributed by atoms with Crippen molar-refractivity contribution in [1.82, 2.24) is 9.80 Å². The molecule has 2 aliphatic rings. The third-order valence-corrected chi connectivity index (χ3v) is 4.47. The SMILES string of the molecule is Nc1cc(C(F)(F)F)c(CN2CCN(C3COC3)CC2)cc1F. The zero-order valence-corrected chi connectivity index (χ0v) is 12.6. The number of rotatable bonds is 3. The minimum absolute atomic E-state index is 0.0652. The Kier molecular flexibility index (Phi) is 4.48. The molecule has 2 saturated heterocycles. The molecule has 3 rings (SSSR count). The van der Waals surface area contributed by atoms with Crippen LogP contribution in [0.4, 0.5) is 23.2 Å². The van der Waals surface area contributed by atoms with Gasteiger partial charge in [-0.2, -0.15) is 13.2 Å². The first-order chi connectivity index (χ1) is 10.8. The van der Waals surface area contributed by atoms with Crippen LogP contribution in [-0.4, -0.2) is 55.2 Å². The lowest BCUT2D eigenvalue weighted by molar-refractivity contribution is -0.138. The molecule has 0 bridgehead atoms. The van der Waals surface area contributed by atoms with Crippen LogP contribution >= 0.6 is 0 Å². The van der Waals surface area contributed by atoms with Crippen LogP contribution in [0.3, 0.4) is 0 Å². The van der Waals surface area contributed by atoms with Gasteiger partial charge in [-0.1, -0.05) is 0 Å². The second-order valence-electron chi connectivity index (χ2n) is 6.03. The van der Waals surface area contributed by atoms with Crippen molar-refractivity contribution in [2.75, 3.05) is 45.1 Å². The maximum Gasteiger partial charge on any atom is 0.416 e. The number of ether oxygens (including phenoxy) is 1. The van der Waals surface area contributed by atoms with E-state index in [0.29, 0.717) is 25.2 Å². The second-order valence-corrected chi connectivity index (χ2v) is 6.03. The van der Waals surface area contributed by atoms with Crippen LogP contribution in [-0.2, 0) is 17.5 Å². The summed E-state index contributed by atoms with van der Waals surface area (Å²) >= 11 is 0. The highest BCUT2D eigenvalue weighted by Crippen LogP contribution is 2.35. The van der Waals surface area contributed by atoms with E-state index in [1.807, 2.05) is 4.90 Å². The van der Waals surface area contributed by atoms with E-state index >= 15 is 0 Å². The zero-order chi connectivity index (χ0) is 16.6. The van der Waals surface area contributed by atoms with Gasteiger partial charge in [0.25, 0.3) is 0 Å². The largest absolute Gasteiger partial charge is 0.416 e. The van der Waals surface area contributed by atoms with Gasteiger partial charge in [0.15, 0.2) is 0 Å². The molecular weight excluding hydrogens is 314 g/mol. The summed E-state index contributed by atoms with van der Waals surface area (Å²) in [5, 5.41) is 0. The van der Waals surface area contributed by atoms with Gasteiger partial charge in [-0.3, -0.25) is 9.80 Å². The van der Waals surface area contributed by atoms with Crippen LogP contribution in [0.1, 0.15) is 11.1 Å². The number of anilines is 1. The molecule has 0 atom stereocenters. The van der Waals surface area contributed by atoms with Gasteiger partial charge < -0.3 is 10.5 Å². The fraction of sp³-hybridized carbons (Fsp3) is 0.600. The Labute approximate surface area is 131 Å². The van der Waals surface area contributed by atoms with Crippen molar-refractivity contribution < 1.29 is 22.3 Å². The van der Waals surface area contributed by atoms with E-state index in [1.165, 1.54) is 0 Å². The second kappa shape index (κ2) is 6.26. The summed E-state index contributed by atoms with van der Waals surface area (Å²) in [7, 11) is 0. The number of nitrogens with two attached hydrogens (primary N) is 1. The fourth-order valence-electron chi connectivity index (χ4n) is 2.99. The summed E-state index contributed by atoms with van der Waals surface area (Å²) in [6, 6.07) is 2.02. The van der Waals surface area contributed by atoms with E-state index in [0.717, 1.165) is 32.4 Å². The lowest BCUT2D eigenvalue weighted by Gasteiger charge is -2.42. The number of nitrogens with zero attached hydrogens (tertiary/aromatic N) is 2. The first-order valence-electron chi connectivity index (χ1n) is 7.54. The normalized spacial score (nSPS) is 21.4. The zero-order valence-electron chi connectivity index (χ0n) is 12.6. The summed E-state index contributed by atoms with van der Waals surface area (Å²) in [4.78, 5) is 4.20. The molecule has 128 valence electrons. The van der Waals surface area contributed by atoms with Crippen molar-refractivity contribution in [3.8, 4) is 0 Å². The number of benzene rings is 1. The van der Waals surface area contributed by atoms with Crippen LogP contribution in [0.2, 0.25) is 0 Å². The molecule has 0 amide bonds. The van der Waals surface area contributed by atoms with E-state index in [2.05, 4.69) is 4.90 Å². The van der Waals surface area contributed by atoms with Gasteiger partial charge in [0.05, 0.1) is 30.5 Å². The number of hydrogen-bond acceptors (Lipinski definition) is 4. The molecule has 2 aliphatic heterocycles. The lowest BCUT2D eigenvalue weighted by Crippen LogP contribution is -2.56. The van der Waals surface area contributed by atoms with Crippen molar-refractivity contribution in [1.29, 1.82) is 0 Å².